The summed E-state index contributed by atoms with van der Waals surface area (Å²) in [6.07, 6.45) is 0.959. The van der Waals surface area contributed by atoms with E-state index in [1.807, 2.05) is 36.1 Å². The minimum absolute atomic E-state index is 0.0476. The number of carbonyl (C=O) groups excluding carboxylic acids is 1. The Morgan fingerprint density at radius 2 is 1.95 bits per heavy atom. The second-order valence-electron chi connectivity index (χ2n) is 4.59. The first-order valence-corrected chi connectivity index (χ1v) is 6.79. The average molecular weight is 279 g/mol. The third-order valence-corrected chi connectivity index (χ3v) is 2.75. The molecule has 0 aliphatic rings. The van der Waals surface area contributed by atoms with Crippen molar-refractivity contribution in [2.24, 2.45) is 5.73 Å². The second kappa shape index (κ2) is 7.86. The third-order valence-electron chi connectivity index (χ3n) is 2.62. The van der Waals surface area contributed by atoms with Crippen molar-refractivity contribution in [3.63, 3.8) is 0 Å². The number of nitrogens with one attached hydrogen (secondary N) is 1. The van der Waals surface area contributed by atoms with Crippen LogP contribution < -0.4 is 11.1 Å². The van der Waals surface area contributed by atoms with E-state index in [9.17, 15) is 4.79 Å². The molecule has 0 unspecified atom stereocenters. The average Bonchev–Trinajstić information content (AvgIpc) is 2.31. The highest BCUT2D eigenvalue weighted by Gasteiger charge is 2.11. The molecule has 0 radical (unpaired) electrons. The number of anilines is 1. The van der Waals surface area contributed by atoms with E-state index in [2.05, 4.69) is 12.2 Å². The number of amides is 1. The number of carbonyl (C=O) groups is 1. The molecule has 1 aromatic carbocycles. The standard InChI is InChI=1S/C14H21N3OS/c1-3-8-17(9-13(15)19)10-14(18)16-12-6-4-11(2)5-7-12/h4-7H,3,8-10H2,1-2H3,(H2,15,19)(H,16,18). The van der Waals surface area contributed by atoms with Gasteiger partial charge in [0, 0.05) is 12.2 Å². The predicted molar refractivity (Wildman–Crippen MR) is 83.3 cm³/mol. The van der Waals surface area contributed by atoms with Gasteiger partial charge in [-0.3, -0.25) is 9.69 Å². The van der Waals surface area contributed by atoms with E-state index in [4.69, 9.17) is 18.0 Å². The summed E-state index contributed by atoms with van der Waals surface area (Å²) >= 11 is 4.89. The molecule has 0 saturated heterocycles. The van der Waals surface area contributed by atoms with Crippen LogP contribution in [-0.2, 0) is 4.79 Å². The van der Waals surface area contributed by atoms with Crippen molar-refractivity contribution in [1.82, 2.24) is 4.90 Å². The Hall–Kier alpha value is -1.46. The molecule has 0 bridgehead atoms. The third kappa shape index (κ3) is 6.31. The summed E-state index contributed by atoms with van der Waals surface area (Å²) in [6, 6.07) is 7.72. The van der Waals surface area contributed by atoms with Crippen molar-refractivity contribution in [2.45, 2.75) is 20.3 Å². The van der Waals surface area contributed by atoms with Gasteiger partial charge in [-0.2, -0.15) is 0 Å². The van der Waals surface area contributed by atoms with Crippen molar-refractivity contribution in [3.8, 4) is 0 Å². The molecule has 0 aromatic heterocycles. The Bertz CT molecular complexity index is 431. The highest BCUT2D eigenvalue weighted by molar-refractivity contribution is 7.80. The highest BCUT2D eigenvalue weighted by atomic mass is 32.1. The van der Waals surface area contributed by atoms with Gasteiger partial charge >= 0.3 is 0 Å². The topological polar surface area (TPSA) is 58.4 Å². The van der Waals surface area contributed by atoms with Crippen LogP contribution in [0.4, 0.5) is 5.69 Å². The van der Waals surface area contributed by atoms with Gasteiger partial charge in [0.25, 0.3) is 0 Å². The van der Waals surface area contributed by atoms with Crippen LogP contribution in [0.15, 0.2) is 24.3 Å². The van der Waals surface area contributed by atoms with E-state index in [0.717, 1.165) is 18.7 Å². The summed E-state index contributed by atoms with van der Waals surface area (Å²) in [6.45, 7) is 5.66. The Morgan fingerprint density at radius 1 is 1.32 bits per heavy atom. The predicted octanol–water partition coefficient (Wildman–Crippen LogP) is 1.93. The van der Waals surface area contributed by atoms with Gasteiger partial charge in [-0.05, 0) is 32.0 Å². The zero-order chi connectivity index (χ0) is 14.3. The number of thiocarbonyl (C=S) groups is 1. The zero-order valence-corrected chi connectivity index (χ0v) is 12.3. The van der Waals surface area contributed by atoms with Crippen LogP contribution in [0.25, 0.3) is 0 Å². The summed E-state index contributed by atoms with van der Waals surface area (Å²) < 4.78 is 0. The smallest absolute Gasteiger partial charge is 0.238 e. The molecule has 4 nitrogen and oxygen atoms in total. The first-order chi connectivity index (χ1) is 9.01. The number of rotatable bonds is 7. The van der Waals surface area contributed by atoms with Gasteiger partial charge in [-0.15, -0.1) is 0 Å². The van der Waals surface area contributed by atoms with Gasteiger partial charge in [-0.1, -0.05) is 36.8 Å². The molecule has 0 saturated carbocycles. The molecule has 3 N–H and O–H groups in total. The number of nitrogens with two attached hydrogens (primary N) is 1. The number of aryl methyl sites for hydroxylation is 1. The minimum atomic E-state index is -0.0476. The van der Waals surface area contributed by atoms with Gasteiger partial charge in [-0.25, -0.2) is 0 Å². The van der Waals surface area contributed by atoms with Crippen molar-refractivity contribution in [3.05, 3.63) is 29.8 Å². The van der Waals surface area contributed by atoms with E-state index in [1.54, 1.807) is 0 Å². The molecule has 1 rings (SSSR count). The van der Waals surface area contributed by atoms with Crippen LogP contribution in [0, 0.1) is 6.92 Å². The maximum atomic E-state index is 11.9. The van der Waals surface area contributed by atoms with Gasteiger partial charge in [0.15, 0.2) is 0 Å². The van der Waals surface area contributed by atoms with E-state index < -0.39 is 0 Å². The molecule has 0 aliphatic heterocycles. The van der Waals surface area contributed by atoms with Crippen LogP contribution in [-0.4, -0.2) is 35.4 Å². The van der Waals surface area contributed by atoms with Gasteiger partial charge < -0.3 is 11.1 Å². The lowest BCUT2D eigenvalue weighted by atomic mass is 10.2. The summed E-state index contributed by atoms with van der Waals surface area (Å²) in [5.41, 5.74) is 7.50. The summed E-state index contributed by atoms with van der Waals surface area (Å²) in [5.74, 6) is -0.0476. The number of benzene rings is 1. The molecule has 0 spiro atoms. The lowest BCUT2D eigenvalue weighted by molar-refractivity contribution is -0.117. The second-order valence-corrected chi connectivity index (χ2v) is 5.12. The normalized spacial score (nSPS) is 10.5. The van der Waals surface area contributed by atoms with Crippen molar-refractivity contribution in [2.75, 3.05) is 25.0 Å². The number of hydrogen-bond acceptors (Lipinski definition) is 3. The van der Waals surface area contributed by atoms with Crippen LogP contribution >= 0.6 is 12.2 Å². The Morgan fingerprint density at radius 3 is 2.47 bits per heavy atom. The fraction of sp³-hybridized carbons (Fsp3) is 0.429. The van der Waals surface area contributed by atoms with Crippen LogP contribution in [0.1, 0.15) is 18.9 Å². The SMILES string of the molecule is CCCN(CC(=O)Nc1ccc(C)cc1)CC(N)=S. The Balaban J connectivity index is 2.52. The lowest BCUT2D eigenvalue weighted by Crippen LogP contribution is -2.39. The van der Waals surface area contributed by atoms with E-state index in [-0.39, 0.29) is 5.91 Å². The highest BCUT2D eigenvalue weighted by Crippen LogP contribution is 2.08. The molecule has 104 valence electrons. The number of nitrogens with zero attached hydrogens (tertiary/aromatic N) is 1. The van der Waals surface area contributed by atoms with Gasteiger partial charge in [0.1, 0.15) is 0 Å². The lowest BCUT2D eigenvalue weighted by Gasteiger charge is -2.20. The van der Waals surface area contributed by atoms with E-state index >= 15 is 0 Å². The maximum absolute atomic E-state index is 11.9. The number of hydrogen-bond donors (Lipinski definition) is 2. The zero-order valence-electron chi connectivity index (χ0n) is 11.5. The molecular weight excluding hydrogens is 258 g/mol. The molecule has 5 heteroatoms. The van der Waals surface area contributed by atoms with Gasteiger partial charge in [0.05, 0.1) is 11.5 Å². The monoisotopic (exact) mass is 279 g/mol. The van der Waals surface area contributed by atoms with E-state index in [0.29, 0.717) is 18.1 Å². The van der Waals surface area contributed by atoms with Crippen LogP contribution in [0.3, 0.4) is 0 Å². The summed E-state index contributed by atoms with van der Waals surface area (Å²) in [4.78, 5) is 14.3. The molecule has 19 heavy (non-hydrogen) atoms. The van der Waals surface area contributed by atoms with Crippen molar-refractivity contribution >= 4 is 28.8 Å². The van der Waals surface area contributed by atoms with Crippen LogP contribution in [0.2, 0.25) is 0 Å². The summed E-state index contributed by atoms with van der Waals surface area (Å²) in [5, 5.41) is 2.87. The fourth-order valence-electron chi connectivity index (χ4n) is 1.79. The molecule has 0 heterocycles. The first kappa shape index (κ1) is 15.6. The molecule has 0 aliphatic carbocycles. The van der Waals surface area contributed by atoms with E-state index in [1.165, 1.54) is 5.56 Å². The molecular formula is C14H21N3OS. The molecule has 1 aromatic rings. The minimum Gasteiger partial charge on any atom is -0.392 e. The van der Waals surface area contributed by atoms with Crippen molar-refractivity contribution < 1.29 is 4.79 Å². The Kier molecular flexibility index (Phi) is 6.45. The van der Waals surface area contributed by atoms with Gasteiger partial charge in [0.2, 0.25) is 5.91 Å². The maximum Gasteiger partial charge on any atom is 0.238 e. The van der Waals surface area contributed by atoms with Crippen molar-refractivity contribution in [1.29, 1.82) is 0 Å². The quantitative estimate of drug-likeness (QED) is 0.749. The summed E-state index contributed by atoms with van der Waals surface area (Å²) in [7, 11) is 0. The fourth-order valence-corrected chi connectivity index (χ4v) is 1.97. The largest absolute Gasteiger partial charge is 0.392 e. The first-order valence-electron chi connectivity index (χ1n) is 6.38. The van der Waals surface area contributed by atoms with Crippen LogP contribution in [0.5, 0.6) is 0 Å². The Labute approximate surface area is 120 Å². The molecule has 1 amide bonds. The molecule has 0 atom stereocenters. The molecule has 0 fully saturated rings.